The number of Topliss-reactive ketones (excluding diaryl/α,β-unsaturated/α-hetero) is 1. The number of halogens is 1. The van der Waals surface area contributed by atoms with E-state index in [0.717, 1.165) is 17.7 Å². The van der Waals surface area contributed by atoms with E-state index in [4.69, 9.17) is 0 Å². The van der Waals surface area contributed by atoms with E-state index in [9.17, 15) is 4.79 Å². The highest BCUT2D eigenvalue weighted by molar-refractivity contribution is 6.02. The lowest BCUT2D eigenvalue weighted by Gasteiger charge is -2.33. The first-order valence-electron chi connectivity index (χ1n) is 5.72. The second-order valence-electron chi connectivity index (χ2n) is 4.77. The summed E-state index contributed by atoms with van der Waals surface area (Å²) in [6, 6.07) is 7.78. The Bertz CT molecular complexity index is 388. The number of likely N-dealkylation sites (N-methyl/N-ethyl adjacent to an activating group) is 1. The van der Waals surface area contributed by atoms with Crippen molar-refractivity contribution in [1.82, 2.24) is 4.90 Å². The van der Waals surface area contributed by atoms with Crippen LogP contribution < -0.4 is 0 Å². The predicted octanol–water partition coefficient (Wildman–Crippen LogP) is 3.33. The molecular weight excluding hydrogens is 234 g/mol. The molecule has 0 amide bonds. The van der Waals surface area contributed by atoms with Crippen molar-refractivity contribution in [1.29, 1.82) is 0 Å². The first-order chi connectivity index (χ1) is 7.39. The van der Waals surface area contributed by atoms with Gasteiger partial charge in [0.15, 0.2) is 5.78 Å². The van der Waals surface area contributed by atoms with Crippen molar-refractivity contribution in [2.75, 3.05) is 13.6 Å². The minimum absolute atomic E-state index is 0. The Morgan fingerprint density at radius 3 is 2.41 bits per heavy atom. The minimum atomic E-state index is -0.442. The van der Waals surface area contributed by atoms with Crippen molar-refractivity contribution in [3.8, 4) is 0 Å². The maximum Gasteiger partial charge on any atom is 0.182 e. The number of carbonyl (C=O) groups is 1. The van der Waals surface area contributed by atoms with Crippen LogP contribution in [0.25, 0.3) is 0 Å². The Kier molecular flexibility index (Phi) is 5.86. The Balaban J connectivity index is 0.00000256. The summed E-state index contributed by atoms with van der Waals surface area (Å²) in [4.78, 5) is 14.4. The van der Waals surface area contributed by atoms with Crippen molar-refractivity contribution in [2.45, 2.75) is 33.2 Å². The molecule has 0 bridgehead atoms. The number of rotatable bonds is 4. The van der Waals surface area contributed by atoms with Crippen LogP contribution in [0.15, 0.2) is 24.3 Å². The highest BCUT2D eigenvalue weighted by atomic mass is 35.5. The molecule has 1 aromatic rings. The molecule has 0 fully saturated rings. The summed E-state index contributed by atoms with van der Waals surface area (Å²) < 4.78 is 0. The molecule has 0 atom stereocenters. The molecule has 0 saturated carbocycles. The van der Waals surface area contributed by atoms with Crippen LogP contribution in [-0.2, 0) is 0 Å². The lowest BCUT2D eigenvalue weighted by atomic mass is 9.91. The summed E-state index contributed by atoms with van der Waals surface area (Å²) in [7, 11) is 1.98. The highest BCUT2D eigenvalue weighted by Crippen LogP contribution is 2.19. The number of carbonyl (C=O) groups excluding carboxylic acids is 1. The van der Waals surface area contributed by atoms with E-state index in [-0.39, 0.29) is 18.2 Å². The number of hydrogen-bond acceptors (Lipinski definition) is 2. The van der Waals surface area contributed by atoms with Gasteiger partial charge >= 0.3 is 0 Å². The molecule has 0 aromatic heterocycles. The topological polar surface area (TPSA) is 20.3 Å². The summed E-state index contributed by atoms with van der Waals surface area (Å²) in [5, 5.41) is 0. The molecule has 0 N–H and O–H groups in total. The van der Waals surface area contributed by atoms with Gasteiger partial charge in [-0.25, -0.2) is 0 Å². The molecule has 0 radical (unpaired) electrons. The van der Waals surface area contributed by atoms with Gasteiger partial charge in [-0.2, -0.15) is 0 Å². The summed E-state index contributed by atoms with van der Waals surface area (Å²) in [6.45, 7) is 8.88. The first-order valence-corrected chi connectivity index (χ1v) is 5.72. The van der Waals surface area contributed by atoms with E-state index in [0.29, 0.717) is 0 Å². The summed E-state index contributed by atoms with van der Waals surface area (Å²) in [5.74, 6) is 0.181. The largest absolute Gasteiger partial charge is 0.295 e. The van der Waals surface area contributed by atoms with Crippen LogP contribution in [0.5, 0.6) is 0 Å². The normalized spacial score (nSPS) is 11.2. The fraction of sp³-hybridized carbons (Fsp3) is 0.500. The second-order valence-corrected chi connectivity index (χ2v) is 4.77. The zero-order valence-electron chi connectivity index (χ0n) is 11.3. The molecule has 0 aliphatic carbocycles. The van der Waals surface area contributed by atoms with Crippen LogP contribution in [-0.4, -0.2) is 29.8 Å². The zero-order chi connectivity index (χ0) is 12.3. The van der Waals surface area contributed by atoms with E-state index in [1.54, 1.807) is 0 Å². The van der Waals surface area contributed by atoms with Gasteiger partial charge in [-0.05, 0) is 40.4 Å². The molecule has 17 heavy (non-hydrogen) atoms. The highest BCUT2D eigenvalue weighted by Gasteiger charge is 2.31. The van der Waals surface area contributed by atoms with E-state index < -0.39 is 5.54 Å². The van der Waals surface area contributed by atoms with Gasteiger partial charge in [-0.1, -0.05) is 30.7 Å². The number of benzene rings is 1. The average molecular weight is 256 g/mol. The standard InChI is InChI=1S/C14H21NO.ClH/c1-6-15(5)14(3,4)13(16)12-9-7-8-11(2)10-12;/h7-10H,6H2,1-5H3;1H. The van der Waals surface area contributed by atoms with E-state index in [1.807, 2.05) is 52.1 Å². The Hall–Kier alpha value is -0.860. The van der Waals surface area contributed by atoms with Crippen LogP contribution in [0.2, 0.25) is 0 Å². The molecule has 0 aliphatic heterocycles. The molecule has 96 valence electrons. The zero-order valence-corrected chi connectivity index (χ0v) is 12.1. The van der Waals surface area contributed by atoms with Crippen LogP contribution >= 0.6 is 12.4 Å². The van der Waals surface area contributed by atoms with Crippen molar-refractivity contribution < 1.29 is 4.79 Å². The van der Waals surface area contributed by atoms with Crippen molar-refractivity contribution in [3.05, 3.63) is 35.4 Å². The summed E-state index contributed by atoms with van der Waals surface area (Å²) in [6.07, 6.45) is 0. The van der Waals surface area contributed by atoms with Crippen LogP contribution in [0.3, 0.4) is 0 Å². The molecule has 3 heteroatoms. The average Bonchev–Trinajstić information content (AvgIpc) is 2.26. The molecule has 1 rings (SSSR count). The first kappa shape index (κ1) is 16.1. The summed E-state index contributed by atoms with van der Waals surface area (Å²) >= 11 is 0. The lowest BCUT2D eigenvalue weighted by molar-refractivity contribution is 0.0718. The molecule has 0 unspecified atom stereocenters. The van der Waals surface area contributed by atoms with E-state index in [2.05, 4.69) is 11.8 Å². The summed E-state index contributed by atoms with van der Waals surface area (Å²) in [5.41, 5.74) is 1.48. The van der Waals surface area contributed by atoms with E-state index in [1.165, 1.54) is 0 Å². The van der Waals surface area contributed by atoms with Gasteiger partial charge in [0.1, 0.15) is 0 Å². The fourth-order valence-corrected chi connectivity index (χ4v) is 1.71. The lowest BCUT2D eigenvalue weighted by Crippen LogP contribution is -2.47. The maximum absolute atomic E-state index is 12.4. The van der Waals surface area contributed by atoms with Gasteiger partial charge in [0.05, 0.1) is 5.54 Å². The Morgan fingerprint density at radius 1 is 1.35 bits per heavy atom. The fourth-order valence-electron chi connectivity index (χ4n) is 1.71. The molecule has 0 aliphatic rings. The third-order valence-electron chi connectivity index (χ3n) is 3.26. The molecule has 0 spiro atoms. The molecule has 0 heterocycles. The smallest absolute Gasteiger partial charge is 0.182 e. The van der Waals surface area contributed by atoms with Gasteiger partial charge in [-0.15, -0.1) is 12.4 Å². The minimum Gasteiger partial charge on any atom is -0.295 e. The van der Waals surface area contributed by atoms with Gasteiger partial charge in [0.25, 0.3) is 0 Å². The number of hydrogen-bond donors (Lipinski definition) is 0. The third-order valence-corrected chi connectivity index (χ3v) is 3.26. The van der Waals surface area contributed by atoms with E-state index >= 15 is 0 Å². The predicted molar refractivity (Wildman–Crippen MR) is 75.1 cm³/mol. The van der Waals surface area contributed by atoms with Crippen LogP contribution in [0.1, 0.15) is 36.7 Å². The number of nitrogens with zero attached hydrogens (tertiary/aromatic N) is 1. The molecule has 0 saturated heterocycles. The molecule has 2 nitrogen and oxygen atoms in total. The Labute approximate surface area is 110 Å². The Morgan fingerprint density at radius 2 is 1.94 bits per heavy atom. The number of aryl methyl sites for hydroxylation is 1. The van der Waals surface area contributed by atoms with Gasteiger partial charge in [0.2, 0.25) is 0 Å². The van der Waals surface area contributed by atoms with Crippen molar-refractivity contribution in [2.24, 2.45) is 0 Å². The van der Waals surface area contributed by atoms with Crippen molar-refractivity contribution >= 4 is 18.2 Å². The maximum atomic E-state index is 12.4. The molecular formula is C14H22ClNO. The monoisotopic (exact) mass is 255 g/mol. The SMILES string of the molecule is CCN(C)C(C)(C)C(=O)c1cccc(C)c1.Cl. The van der Waals surface area contributed by atoms with Crippen LogP contribution in [0.4, 0.5) is 0 Å². The van der Waals surface area contributed by atoms with Gasteiger partial charge in [0, 0.05) is 5.56 Å². The van der Waals surface area contributed by atoms with Gasteiger partial charge in [-0.3, -0.25) is 9.69 Å². The number of ketones is 1. The third kappa shape index (κ3) is 3.55. The second kappa shape index (κ2) is 6.18. The van der Waals surface area contributed by atoms with Crippen LogP contribution in [0, 0.1) is 6.92 Å². The van der Waals surface area contributed by atoms with Gasteiger partial charge < -0.3 is 0 Å². The van der Waals surface area contributed by atoms with Crippen molar-refractivity contribution in [3.63, 3.8) is 0 Å². The quantitative estimate of drug-likeness (QED) is 0.770. The molecule has 1 aromatic carbocycles.